The molecule has 2 fully saturated rings. The van der Waals surface area contributed by atoms with Crippen LogP contribution < -0.4 is 28.3 Å². The molecule has 14 heteroatoms. The number of ketones is 1. The number of hydrazone groups is 1. The van der Waals surface area contributed by atoms with Crippen LogP contribution in [0.25, 0.3) is 10.9 Å². The molecule has 13 nitrogen and oxygen atoms in total. The quantitative estimate of drug-likeness (QED) is 0.0874. The Morgan fingerprint density at radius 2 is 1.97 bits per heavy atom. The monoisotopic (exact) mass is 495 g/mol. The molecule has 3 atom stereocenters. The Morgan fingerprint density at radius 1 is 1.22 bits per heavy atom. The number of hydrazine groups is 2. The van der Waals surface area contributed by atoms with Gasteiger partial charge in [-0.25, -0.2) is 21.1 Å². The SMILES string of the molecule is N/C=C\N(N)c1ncc(F)c2c(C(=O)C(=O)N3CC4C3CN4/C(=N/N)N(N)C3C=CC=CC3)c[nH]c12. The Kier molecular flexibility index (Phi) is 5.81. The Labute approximate surface area is 205 Å². The number of Topliss-reactive ketones (excluding diaryl/α,β-unsaturated/α-hetero) is 1. The Balaban J connectivity index is 1.29. The molecule has 3 unspecified atom stereocenters. The number of likely N-dealkylation sites (tertiary alicyclic amines) is 2. The molecule has 1 aliphatic carbocycles. The number of guanidine groups is 1. The molecule has 0 spiro atoms. The summed E-state index contributed by atoms with van der Waals surface area (Å²) in [7, 11) is 0. The maximum Gasteiger partial charge on any atom is 0.295 e. The number of hydrogen-bond donors (Lipinski definition) is 5. The number of nitrogens with two attached hydrogens (primary N) is 4. The lowest BCUT2D eigenvalue weighted by Crippen LogP contribution is -2.82. The van der Waals surface area contributed by atoms with Crippen molar-refractivity contribution in [1.82, 2.24) is 24.8 Å². The first kappa shape index (κ1) is 23.3. The van der Waals surface area contributed by atoms with Gasteiger partial charge in [0.1, 0.15) is 0 Å². The number of H-pyrrole nitrogens is 1. The zero-order chi connectivity index (χ0) is 25.6. The zero-order valence-corrected chi connectivity index (χ0v) is 19.2. The van der Waals surface area contributed by atoms with Gasteiger partial charge in [0.15, 0.2) is 11.6 Å². The number of rotatable bonds is 5. The number of halogens is 1. The summed E-state index contributed by atoms with van der Waals surface area (Å²) in [4.78, 5) is 36.3. The van der Waals surface area contributed by atoms with Crippen molar-refractivity contribution in [3.05, 3.63) is 60.5 Å². The summed E-state index contributed by atoms with van der Waals surface area (Å²) in [6.45, 7) is 0.710. The summed E-state index contributed by atoms with van der Waals surface area (Å²) < 4.78 is 14.7. The number of aromatic nitrogens is 2. The fourth-order valence-corrected chi connectivity index (χ4v) is 4.81. The van der Waals surface area contributed by atoms with E-state index in [9.17, 15) is 14.0 Å². The number of aromatic amines is 1. The summed E-state index contributed by atoms with van der Waals surface area (Å²) in [5, 5.41) is 6.38. The number of pyridine rings is 1. The molecule has 0 aromatic carbocycles. The van der Waals surface area contributed by atoms with Gasteiger partial charge < -0.3 is 26.4 Å². The zero-order valence-electron chi connectivity index (χ0n) is 19.2. The number of anilines is 1. The average Bonchev–Trinajstić information content (AvgIpc) is 3.33. The largest absolute Gasteiger partial charge is 0.403 e. The van der Waals surface area contributed by atoms with Crippen LogP contribution >= 0.6 is 0 Å². The molecular formula is C22H26FN11O2. The third kappa shape index (κ3) is 3.54. The van der Waals surface area contributed by atoms with E-state index in [1.165, 1.54) is 28.5 Å². The number of carbonyl (C=O) groups is 2. The van der Waals surface area contributed by atoms with E-state index < -0.39 is 17.5 Å². The van der Waals surface area contributed by atoms with Crippen molar-refractivity contribution in [2.24, 2.45) is 28.4 Å². The fraction of sp³-hybridized carbons (Fsp3) is 0.273. The molecule has 4 heterocycles. The van der Waals surface area contributed by atoms with Crippen LogP contribution in [0.1, 0.15) is 16.8 Å². The van der Waals surface area contributed by atoms with Crippen molar-refractivity contribution in [3.8, 4) is 0 Å². The molecular weight excluding hydrogens is 469 g/mol. The third-order valence-corrected chi connectivity index (χ3v) is 6.76. The highest BCUT2D eigenvalue weighted by Gasteiger charge is 2.56. The molecule has 5 rings (SSSR count). The highest BCUT2D eigenvalue weighted by molar-refractivity contribution is 6.45. The number of nitrogens with one attached hydrogen (secondary N) is 1. The van der Waals surface area contributed by atoms with Crippen LogP contribution in [0.2, 0.25) is 0 Å². The molecule has 2 aromatic heterocycles. The van der Waals surface area contributed by atoms with Crippen LogP contribution in [-0.4, -0.2) is 73.6 Å². The molecule has 2 saturated heterocycles. The number of nitrogens with zero attached hydrogens (tertiary/aromatic N) is 6. The minimum Gasteiger partial charge on any atom is -0.403 e. The van der Waals surface area contributed by atoms with Crippen molar-refractivity contribution >= 4 is 34.4 Å². The second-order valence-electron chi connectivity index (χ2n) is 8.66. The molecule has 1 amide bonds. The topological polar surface area (TPSA) is 192 Å². The molecule has 2 aliphatic heterocycles. The molecule has 36 heavy (non-hydrogen) atoms. The lowest BCUT2D eigenvalue weighted by molar-refractivity contribution is -0.152. The highest BCUT2D eigenvalue weighted by atomic mass is 19.1. The van der Waals surface area contributed by atoms with Crippen LogP contribution in [0.3, 0.4) is 0 Å². The van der Waals surface area contributed by atoms with Crippen LogP contribution in [0.15, 0.2) is 54.2 Å². The van der Waals surface area contributed by atoms with Crippen molar-refractivity contribution in [3.63, 3.8) is 0 Å². The third-order valence-electron chi connectivity index (χ3n) is 6.76. The van der Waals surface area contributed by atoms with Gasteiger partial charge in [-0.3, -0.25) is 19.6 Å². The minimum atomic E-state index is -0.834. The summed E-state index contributed by atoms with van der Waals surface area (Å²) in [6, 6.07) is -0.353. The lowest BCUT2D eigenvalue weighted by atomic mass is 9.85. The summed E-state index contributed by atoms with van der Waals surface area (Å²) in [6.07, 6.45) is 13.2. The van der Waals surface area contributed by atoms with Gasteiger partial charge in [-0.2, -0.15) is 0 Å². The van der Waals surface area contributed by atoms with Crippen LogP contribution in [0.5, 0.6) is 0 Å². The molecule has 2 aromatic rings. The summed E-state index contributed by atoms with van der Waals surface area (Å²) in [5.74, 6) is 16.0. The van der Waals surface area contributed by atoms with E-state index in [0.29, 0.717) is 12.5 Å². The molecule has 0 bridgehead atoms. The number of carbonyl (C=O) groups excluding carboxylic acids is 2. The molecule has 0 radical (unpaired) electrons. The first-order chi connectivity index (χ1) is 17.4. The minimum absolute atomic E-state index is 0.0671. The van der Waals surface area contributed by atoms with Gasteiger partial charge in [0.05, 0.1) is 40.8 Å². The van der Waals surface area contributed by atoms with Crippen LogP contribution in [0.4, 0.5) is 10.2 Å². The van der Waals surface area contributed by atoms with E-state index in [1.54, 1.807) is 0 Å². The van der Waals surface area contributed by atoms with Crippen LogP contribution in [-0.2, 0) is 4.79 Å². The van der Waals surface area contributed by atoms with Gasteiger partial charge in [0.25, 0.3) is 11.7 Å². The van der Waals surface area contributed by atoms with E-state index in [4.69, 9.17) is 23.3 Å². The van der Waals surface area contributed by atoms with Crippen molar-refractivity contribution in [1.29, 1.82) is 0 Å². The van der Waals surface area contributed by atoms with Gasteiger partial charge in [-0.15, -0.1) is 5.10 Å². The second-order valence-corrected chi connectivity index (χ2v) is 8.66. The number of amides is 1. The molecule has 0 saturated carbocycles. The predicted octanol–water partition coefficient (Wildman–Crippen LogP) is -0.820. The number of hydrogen-bond acceptors (Lipinski definition) is 9. The second kappa shape index (κ2) is 8.98. The van der Waals surface area contributed by atoms with Gasteiger partial charge in [0, 0.05) is 31.7 Å². The maximum absolute atomic E-state index is 14.7. The molecule has 3 aliphatic rings. The Bertz CT molecular complexity index is 1330. The molecule has 9 N–H and O–H groups in total. The average molecular weight is 496 g/mol. The standard InChI is InChI=1S/C22H26FN11O2/c23-14-9-29-20(33(26)7-6-24)18-17(14)13(8-28-18)19(35)21(36)31-10-16-15(31)11-32(16)22(30-25)34(27)12-4-2-1-3-5-12/h1-4,6-9,12,15-16,28H,5,10-11,24-27H2/b7-6-,30-22-. The summed E-state index contributed by atoms with van der Waals surface area (Å²) >= 11 is 0. The fourth-order valence-electron chi connectivity index (χ4n) is 4.81. The van der Waals surface area contributed by atoms with Gasteiger partial charge >= 0.3 is 0 Å². The number of piperazine rings is 1. The van der Waals surface area contributed by atoms with Gasteiger partial charge in [0.2, 0.25) is 5.96 Å². The first-order valence-corrected chi connectivity index (χ1v) is 11.2. The lowest BCUT2D eigenvalue weighted by Gasteiger charge is -2.62. The van der Waals surface area contributed by atoms with Gasteiger partial charge in [-0.05, 0) is 6.42 Å². The van der Waals surface area contributed by atoms with Crippen molar-refractivity contribution in [2.45, 2.75) is 24.5 Å². The van der Waals surface area contributed by atoms with E-state index in [2.05, 4.69) is 15.1 Å². The Morgan fingerprint density at radius 3 is 2.61 bits per heavy atom. The molecule has 188 valence electrons. The Hall–Kier alpha value is -4.43. The predicted molar refractivity (Wildman–Crippen MR) is 131 cm³/mol. The number of fused-ring (bicyclic) bond motifs is 2. The van der Waals surface area contributed by atoms with Crippen LogP contribution in [0, 0.1) is 5.82 Å². The number of allylic oxidation sites excluding steroid dienone is 2. The van der Waals surface area contributed by atoms with Gasteiger partial charge in [-0.1, -0.05) is 24.3 Å². The van der Waals surface area contributed by atoms with E-state index in [0.717, 1.165) is 17.6 Å². The van der Waals surface area contributed by atoms with Crippen molar-refractivity contribution < 1.29 is 14.0 Å². The normalized spacial score (nSPS) is 23.0. The highest BCUT2D eigenvalue weighted by Crippen LogP contribution is 2.36. The summed E-state index contributed by atoms with van der Waals surface area (Å²) in [5.41, 5.74) is 5.43. The maximum atomic E-state index is 14.7. The first-order valence-electron chi connectivity index (χ1n) is 11.2. The van der Waals surface area contributed by atoms with Crippen molar-refractivity contribution in [2.75, 3.05) is 18.1 Å². The van der Waals surface area contributed by atoms with E-state index in [1.807, 2.05) is 29.2 Å². The smallest absolute Gasteiger partial charge is 0.295 e. The van der Waals surface area contributed by atoms with E-state index >= 15 is 0 Å². The van der Waals surface area contributed by atoms with E-state index in [-0.39, 0.29) is 47.0 Å².